The Balaban J connectivity index is 3.03. The van der Waals surface area contributed by atoms with Gasteiger partial charge in [-0.25, -0.2) is 10.1 Å². The van der Waals surface area contributed by atoms with Crippen LogP contribution in [0.5, 0.6) is 0 Å². The second-order valence-electron chi connectivity index (χ2n) is 6.62. The molecule has 2 N–H and O–H groups in total. The molecule has 24 heavy (non-hydrogen) atoms. The highest BCUT2D eigenvalue weighted by Crippen LogP contribution is 2.11. The van der Waals surface area contributed by atoms with Crippen LogP contribution in [0.1, 0.15) is 103 Å². The predicted octanol–water partition coefficient (Wildman–Crippen LogP) is 6.20. The molecule has 0 aliphatic carbocycles. The zero-order valence-electron chi connectivity index (χ0n) is 15.6. The molecule has 0 amide bonds. The SMILES string of the molecule is OCCCCCCCCC=CCCCCCCCCCCOOO. The second-order valence-corrected chi connectivity index (χ2v) is 6.62. The second kappa shape index (κ2) is 22.6. The molecule has 0 aromatic carbocycles. The van der Waals surface area contributed by atoms with E-state index in [0.717, 1.165) is 19.3 Å². The van der Waals surface area contributed by atoms with Crippen molar-refractivity contribution in [3.8, 4) is 0 Å². The quantitative estimate of drug-likeness (QED) is 0.119. The Morgan fingerprint density at radius 2 is 0.958 bits per heavy atom. The van der Waals surface area contributed by atoms with E-state index in [4.69, 9.17) is 10.4 Å². The lowest BCUT2D eigenvalue weighted by molar-refractivity contribution is -0.490. The minimum Gasteiger partial charge on any atom is -0.396 e. The van der Waals surface area contributed by atoms with Gasteiger partial charge in [0.2, 0.25) is 0 Å². The number of aliphatic hydroxyl groups excluding tert-OH is 1. The number of hydrogen-bond donors (Lipinski definition) is 2. The summed E-state index contributed by atoms with van der Waals surface area (Å²) in [6.07, 6.45) is 24.5. The molecule has 0 fully saturated rings. The minimum absolute atomic E-state index is 0.347. The molecular weight excluding hydrogens is 304 g/mol. The molecule has 4 heteroatoms. The van der Waals surface area contributed by atoms with E-state index >= 15 is 0 Å². The van der Waals surface area contributed by atoms with Crippen molar-refractivity contribution >= 4 is 0 Å². The Hall–Kier alpha value is -0.420. The smallest absolute Gasteiger partial charge is 0.0853 e. The molecule has 4 nitrogen and oxygen atoms in total. The van der Waals surface area contributed by atoms with Crippen LogP contribution < -0.4 is 0 Å². The Morgan fingerprint density at radius 3 is 1.42 bits per heavy atom. The van der Waals surface area contributed by atoms with Gasteiger partial charge in [-0.15, -0.1) is 0 Å². The summed E-state index contributed by atoms with van der Waals surface area (Å²) < 4.78 is 0. The molecule has 0 saturated heterocycles. The first-order valence-electron chi connectivity index (χ1n) is 10.1. The third-order valence-electron chi connectivity index (χ3n) is 4.35. The van der Waals surface area contributed by atoms with Crippen molar-refractivity contribution in [2.45, 2.75) is 103 Å². The third kappa shape index (κ3) is 21.6. The number of aliphatic hydroxyl groups is 1. The fraction of sp³-hybridized carbons (Fsp3) is 0.900. The topological polar surface area (TPSA) is 58.9 Å². The molecule has 0 aliphatic rings. The van der Waals surface area contributed by atoms with Crippen LogP contribution in [-0.2, 0) is 9.93 Å². The van der Waals surface area contributed by atoms with Crippen molar-refractivity contribution in [1.29, 1.82) is 0 Å². The first-order valence-corrected chi connectivity index (χ1v) is 10.1. The molecule has 0 aliphatic heterocycles. The summed E-state index contributed by atoms with van der Waals surface area (Å²) in [7, 11) is 0. The maximum atomic E-state index is 8.69. The van der Waals surface area contributed by atoms with Crippen molar-refractivity contribution < 1.29 is 20.3 Å². The number of hydrogen-bond acceptors (Lipinski definition) is 4. The molecule has 144 valence electrons. The van der Waals surface area contributed by atoms with Crippen LogP contribution in [-0.4, -0.2) is 23.6 Å². The zero-order chi connectivity index (χ0) is 17.6. The van der Waals surface area contributed by atoms with Gasteiger partial charge in [0.25, 0.3) is 0 Å². The normalized spacial score (nSPS) is 11.6. The summed E-state index contributed by atoms with van der Waals surface area (Å²) in [4.78, 5) is 4.41. The van der Waals surface area contributed by atoms with Gasteiger partial charge in [-0.2, -0.15) is 0 Å². The maximum Gasteiger partial charge on any atom is 0.0853 e. The lowest BCUT2D eigenvalue weighted by atomic mass is 10.1. The molecule has 0 saturated carbocycles. The Morgan fingerprint density at radius 1 is 0.542 bits per heavy atom. The first kappa shape index (κ1) is 23.6. The molecule has 0 rings (SSSR count). The highest BCUT2D eigenvalue weighted by Gasteiger charge is 1.93. The van der Waals surface area contributed by atoms with E-state index in [1.165, 1.54) is 83.5 Å². The van der Waals surface area contributed by atoms with E-state index < -0.39 is 0 Å². The highest BCUT2D eigenvalue weighted by atomic mass is 17.5. The fourth-order valence-corrected chi connectivity index (χ4v) is 2.84. The van der Waals surface area contributed by atoms with Crippen molar-refractivity contribution in [1.82, 2.24) is 0 Å². The Kier molecular flexibility index (Phi) is 22.2. The van der Waals surface area contributed by atoms with Gasteiger partial charge in [-0.05, 0) is 38.5 Å². The molecule has 0 heterocycles. The van der Waals surface area contributed by atoms with Gasteiger partial charge in [0.05, 0.1) is 6.61 Å². The predicted molar refractivity (Wildman–Crippen MR) is 99.8 cm³/mol. The maximum absolute atomic E-state index is 8.69. The van der Waals surface area contributed by atoms with Crippen LogP contribution in [0.15, 0.2) is 12.2 Å². The molecule has 0 aromatic heterocycles. The number of rotatable bonds is 20. The van der Waals surface area contributed by atoms with Crippen LogP contribution >= 0.6 is 0 Å². The van der Waals surface area contributed by atoms with Crippen molar-refractivity contribution in [2.75, 3.05) is 13.2 Å². The molecule has 0 bridgehead atoms. The van der Waals surface area contributed by atoms with Gasteiger partial charge in [-0.3, -0.25) is 0 Å². The summed E-state index contributed by atoms with van der Waals surface area (Å²) in [6.45, 7) is 0.825. The van der Waals surface area contributed by atoms with Gasteiger partial charge in [-0.1, -0.05) is 81.4 Å². The molecule has 0 atom stereocenters. The van der Waals surface area contributed by atoms with E-state index in [1.54, 1.807) is 0 Å². The van der Waals surface area contributed by atoms with Crippen molar-refractivity contribution in [2.24, 2.45) is 0 Å². The lowest BCUT2D eigenvalue weighted by Crippen LogP contribution is -1.92. The largest absolute Gasteiger partial charge is 0.396 e. The van der Waals surface area contributed by atoms with E-state index in [9.17, 15) is 0 Å². The molecule has 0 spiro atoms. The summed E-state index contributed by atoms with van der Waals surface area (Å²) in [5.41, 5.74) is 0. The van der Waals surface area contributed by atoms with E-state index in [-0.39, 0.29) is 0 Å². The molecular formula is C20H40O4. The van der Waals surface area contributed by atoms with E-state index in [2.05, 4.69) is 22.1 Å². The average molecular weight is 345 g/mol. The summed E-state index contributed by atoms with van der Waals surface area (Å²) in [6, 6.07) is 0. The average Bonchev–Trinajstić information content (AvgIpc) is 2.60. The molecule has 0 unspecified atom stereocenters. The molecule has 0 radical (unpaired) electrons. The Labute approximate surface area is 149 Å². The number of unbranched alkanes of at least 4 members (excludes halogenated alkanes) is 14. The van der Waals surface area contributed by atoms with Crippen LogP contribution in [0.3, 0.4) is 0 Å². The van der Waals surface area contributed by atoms with Gasteiger partial charge in [0.15, 0.2) is 0 Å². The minimum atomic E-state index is 0.347. The summed E-state index contributed by atoms with van der Waals surface area (Å²) >= 11 is 0. The van der Waals surface area contributed by atoms with Crippen molar-refractivity contribution in [3.05, 3.63) is 12.2 Å². The van der Waals surface area contributed by atoms with E-state index in [1.807, 2.05) is 0 Å². The van der Waals surface area contributed by atoms with Gasteiger partial charge in [0, 0.05) is 6.61 Å². The summed E-state index contributed by atoms with van der Waals surface area (Å²) in [5.74, 6) is 0. The number of allylic oxidation sites excluding steroid dienone is 2. The monoisotopic (exact) mass is 344 g/mol. The van der Waals surface area contributed by atoms with E-state index in [0.29, 0.717) is 13.2 Å². The fourth-order valence-electron chi connectivity index (χ4n) is 2.84. The van der Waals surface area contributed by atoms with Crippen LogP contribution in [0.25, 0.3) is 0 Å². The van der Waals surface area contributed by atoms with Gasteiger partial charge in [0.1, 0.15) is 0 Å². The van der Waals surface area contributed by atoms with Gasteiger partial charge < -0.3 is 5.11 Å². The van der Waals surface area contributed by atoms with Crippen LogP contribution in [0.2, 0.25) is 0 Å². The lowest BCUT2D eigenvalue weighted by Gasteiger charge is -2.01. The molecule has 0 aromatic rings. The zero-order valence-corrected chi connectivity index (χ0v) is 15.6. The standard InChI is InChI=1S/C20H40O4/c21-19-17-15-13-11-9-7-5-3-1-2-4-6-8-10-12-14-16-18-20-23-24-22/h1,3,21-22H,2,4-20H2. The van der Waals surface area contributed by atoms with Crippen molar-refractivity contribution in [3.63, 3.8) is 0 Å². The van der Waals surface area contributed by atoms with Crippen LogP contribution in [0, 0.1) is 0 Å². The highest BCUT2D eigenvalue weighted by molar-refractivity contribution is 4.81. The first-order chi connectivity index (χ1) is 11.9. The third-order valence-corrected chi connectivity index (χ3v) is 4.35. The Bertz CT molecular complexity index is 244. The van der Waals surface area contributed by atoms with Gasteiger partial charge >= 0.3 is 0 Å². The summed E-state index contributed by atoms with van der Waals surface area (Å²) in [5, 5.41) is 20.2. The van der Waals surface area contributed by atoms with Crippen LogP contribution in [0.4, 0.5) is 0 Å².